The van der Waals surface area contributed by atoms with Crippen LogP contribution in [-0.4, -0.2) is 0 Å². The van der Waals surface area contributed by atoms with Crippen molar-refractivity contribution in [3.8, 4) is 23.0 Å². The van der Waals surface area contributed by atoms with Crippen molar-refractivity contribution in [2.24, 2.45) is 0 Å². The Morgan fingerprint density at radius 3 is 1.68 bits per heavy atom. The Balaban J connectivity index is 1.25. The summed E-state index contributed by atoms with van der Waals surface area (Å²) in [6, 6.07) is 39.9. The van der Waals surface area contributed by atoms with Gasteiger partial charge < -0.3 is 14.8 Å². The third kappa shape index (κ3) is 4.51. The SMILES string of the molecule is c1ccc(Oc2ccc(Nc3ccc(Oc4cccc5ccccc45)cc3)cc2)cc1. The maximum Gasteiger partial charge on any atom is 0.135 e. The van der Waals surface area contributed by atoms with Crippen molar-refractivity contribution < 1.29 is 9.47 Å². The van der Waals surface area contributed by atoms with E-state index < -0.39 is 0 Å². The number of para-hydroxylation sites is 1. The average Bonchev–Trinajstić information content (AvgIpc) is 2.83. The molecule has 0 aromatic heterocycles. The fourth-order valence-corrected chi connectivity index (χ4v) is 3.42. The van der Waals surface area contributed by atoms with E-state index in [1.54, 1.807) is 0 Å². The summed E-state index contributed by atoms with van der Waals surface area (Å²) in [7, 11) is 0. The molecule has 0 saturated carbocycles. The molecule has 0 unspecified atom stereocenters. The fourth-order valence-electron chi connectivity index (χ4n) is 3.42. The van der Waals surface area contributed by atoms with Gasteiger partial charge in [-0.2, -0.15) is 0 Å². The van der Waals surface area contributed by atoms with Crippen LogP contribution in [0.4, 0.5) is 11.4 Å². The van der Waals surface area contributed by atoms with Crippen LogP contribution in [0.1, 0.15) is 0 Å². The van der Waals surface area contributed by atoms with Gasteiger partial charge in [-0.15, -0.1) is 0 Å². The third-order valence-corrected chi connectivity index (χ3v) is 4.95. The minimum atomic E-state index is 0.800. The molecule has 0 radical (unpaired) electrons. The predicted molar refractivity (Wildman–Crippen MR) is 127 cm³/mol. The van der Waals surface area contributed by atoms with Crippen molar-refractivity contribution in [3.05, 3.63) is 121 Å². The molecule has 0 amide bonds. The van der Waals surface area contributed by atoms with E-state index >= 15 is 0 Å². The minimum absolute atomic E-state index is 0.800. The molecule has 0 aliphatic rings. The highest BCUT2D eigenvalue weighted by Gasteiger charge is 2.04. The van der Waals surface area contributed by atoms with Crippen molar-refractivity contribution in [1.82, 2.24) is 0 Å². The summed E-state index contributed by atoms with van der Waals surface area (Å²) >= 11 is 0. The smallest absolute Gasteiger partial charge is 0.135 e. The highest BCUT2D eigenvalue weighted by atomic mass is 16.5. The number of ether oxygens (including phenoxy) is 2. The van der Waals surface area contributed by atoms with Gasteiger partial charge in [0.15, 0.2) is 0 Å². The molecule has 31 heavy (non-hydrogen) atoms. The van der Waals surface area contributed by atoms with Crippen LogP contribution in [0.5, 0.6) is 23.0 Å². The van der Waals surface area contributed by atoms with E-state index in [0.29, 0.717) is 0 Å². The molecule has 0 bridgehead atoms. The molecule has 0 atom stereocenters. The molecule has 0 aliphatic carbocycles. The van der Waals surface area contributed by atoms with Crippen LogP contribution >= 0.6 is 0 Å². The number of nitrogens with one attached hydrogen (secondary N) is 1. The first-order valence-corrected chi connectivity index (χ1v) is 10.2. The highest BCUT2D eigenvalue weighted by molar-refractivity contribution is 5.88. The van der Waals surface area contributed by atoms with E-state index in [1.807, 2.05) is 103 Å². The van der Waals surface area contributed by atoms with Crippen molar-refractivity contribution in [2.75, 3.05) is 5.32 Å². The van der Waals surface area contributed by atoms with Crippen LogP contribution < -0.4 is 14.8 Å². The van der Waals surface area contributed by atoms with Crippen LogP contribution in [0.2, 0.25) is 0 Å². The van der Waals surface area contributed by atoms with Crippen molar-refractivity contribution in [3.63, 3.8) is 0 Å². The lowest BCUT2D eigenvalue weighted by Gasteiger charge is -2.11. The van der Waals surface area contributed by atoms with Crippen LogP contribution in [0.25, 0.3) is 10.8 Å². The lowest BCUT2D eigenvalue weighted by atomic mass is 10.1. The Hall–Kier alpha value is -4.24. The molecule has 3 heteroatoms. The van der Waals surface area contributed by atoms with Gasteiger partial charge in [0.2, 0.25) is 0 Å². The van der Waals surface area contributed by atoms with Gasteiger partial charge in [0.1, 0.15) is 23.0 Å². The van der Waals surface area contributed by atoms with E-state index in [1.165, 1.54) is 0 Å². The summed E-state index contributed by atoms with van der Waals surface area (Å²) < 4.78 is 12.0. The maximum absolute atomic E-state index is 6.12. The Morgan fingerprint density at radius 2 is 0.968 bits per heavy atom. The number of rotatable bonds is 6. The lowest BCUT2D eigenvalue weighted by Crippen LogP contribution is -1.91. The van der Waals surface area contributed by atoms with Gasteiger partial charge in [-0.05, 0) is 72.1 Å². The first kappa shape index (κ1) is 18.8. The number of hydrogen-bond donors (Lipinski definition) is 1. The molecule has 0 spiro atoms. The maximum atomic E-state index is 6.12. The largest absolute Gasteiger partial charge is 0.457 e. The number of benzene rings is 5. The van der Waals surface area contributed by atoms with Gasteiger partial charge >= 0.3 is 0 Å². The summed E-state index contributed by atoms with van der Waals surface area (Å²) in [5, 5.41) is 5.67. The quantitative estimate of drug-likeness (QED) is 0.310. The molecule has 0 aliphatic heterocycles. The van der Waals surface area contributed by atoms with Gasteiger partial charge in [-0.3, -0.25) is 0 Å². The van der Waals surface area contributed by atoms with Gasteiger partial charge in [0.05, 0.1) is 0 Å². The molecule has 3 nitrogen and oxygen atoms in total. The second kappa shape index (κ2) is 8.64. The normalized spacial score (nSPS) is 10.6. The molecular formula is C28H21NO2. The first-order chi connectivity index (χ1) is 15.3. The van der Waals surface area contributed by atoms with Crippen LogP contribution in [0.15, 0.2) is 121 Å². The summed E-state index contributed by atoms with van der Waals surface area (Å²) in [5.41, 5.74) is 1.98. The first-order valence-electron chi connectivity index (χ1n) is 10.2. The molecule has 5 aromatic carbocycles. The molecule has 1 N–H and O–H groups in total. The number of hydrogen-bond acceptors (Lipinski definition) is 3. The molecule has 0 saturated heterocycles. The minimum Gasteiger partial charge on any atom is -0.457 e. The van der Waals surface area contributed by atoms with E-state index in [0.717, 1.165) is 45.1 Å². The van der Waals surface area contributed by atoms with Gasteiger partial charge in [0, 0.05) is 16.8 Å². The summed E-state index contributed by atoms with van der Waals surface area (Å²) in [4.78, 5) is 0. The fraction of sp³-hybridized carbons (Fsp3) is 0. The van der Waals surface area contributed by atoms with E-state index in [-0.39, 0.29) is 0 Å². The zero-order valence-electron chi connectivity index (χ0n) is 16.9. The molecule has 0 heterocycles. The molecular weight excluding hydrogens is 382 g/mol. The standard InChI is InChI=1S/C28H21NO2/c1-2-9-24(10-3-1)30-25-17-13-22(14-18-25)29-23-15-19-26(20-16-23)31-28-12-6-8-21-7-4-5-11-27(21)28/h1-20,29H. The molecule has 0 fully saturated rings. The lowest BCUT2D eigenvalue weighted by molar-refractivity contribution is 0.483. The van der Waals surface area contributed by atoms with Crippen molar-refractivity contribution in [1.29, 1.82) is 0 Å². The van der Waals surface area contributed by atoms with Crippen molar-refractivity contribution in [2.45, 2.75) is 0 Å². The van der Waals surface area contributed by atoms with E-state index in [4.69, 9.17) is 9.47 Å². The number of anilines is 2. The van der Waals surface area contributed by atoms with Crippen LogP contribution in [-0.2, 0) is 0 Å². The van der Waals surface area contributed by atoms with E-state index in [2.05, 4.69) is 23.5 Å². The number of fused-ring (bicyclic) bond motifs is 1. The zero-order valence-corrected chi connectivity index (χ0v) is 16.9. The predicted octanol–water partition coefficient (Wildman–Crippen LogP) is 8.17. The van der Waals surface area contributed by atoms with Gasteiger partial charge in [-0.25, -0.2) is 0 Å². The summed E-state index contributed by atoms with van der Waals surface area (Å²) in [5.74, 6) is 3.28. The summed E-state index contributed by atoms with van der Waals surface area (Å²) in [6.45, 7) is 0. The molecule has 5 rings (SSSR count). The Morgan fingerprint density at radius 1 is 0.419 bits per heavy atom. The Kier molecular flexibility index (Phi) is 5.23. The monoisotopic (exact) mass is 403 g/mol. The average molecular weight is 403 g/mol. The highest BCUT2D eigenvalue weighted by Crippen LogP contribution is 2.31. The summed E-state index contributed by atoms with van der Waals surface area (Å²) in [6.07, 6.45) is 0. The topological polar surface area (TPSA) is 30.5 Å². The zero-order chi connectivity index (χ0) is 20.9. The van der Waals surface area contributed by atoms with Crippen molar-refractivity contribution >= 4 is 22.1 Å². The Bertz CT molecular complexity index is 1280. The third-order valence-electron chi connectivity index (χ3n) is 4.95. The second-order valence-electron chi connectivity index (χ2n) is 7.17. The Labute approximate surface area is 181 Å². The van der Waals surface area contributed by atoms with Crippen LogP contribution in [0.3, 0.4) is 0 Å². The van der Waals surface area contributed by atoms with E-state index in [9.17, 15) is 0 Å². The molecule has 150 valence electrons. The van der Waals surface area contributed by atoms with Gasteiger partial charge in [-0.1, -0.05) is 54.6 Å². The molecule has 5 aromatic rings. The van der Waals surface area contributed by atoms with Gasteiger partial charge in [0.25, 0.3) is 0 Å². The second-order valence-corrected chi connectivity index (χ2v) is 7.17. The van der Waals surface area contributed by atoms with Crippen LogP contribution in [0, 0.1) is 0 Å².